The number of benzene rings is 3. The number of nitrogens with one attached hydrogen (secondary N) is 1. The number of alkyl carbamates (subject to hydrolysis) is 1. The van der Waals surface area contributed by atoms with Crippen molar-refractivity contribution in [1.29, 1.82) is 0 Å². The molecule has 0 aliphatic rings. The van der Waals surface area contributed by atoms with Crippen LogP contribution in [-0.4, -0.2) is 66.5 Å². The third-order valence-electron chi connectivity index (χ3n) is 13.4. The first kappa shape index (κ1) is 57.2. The van der Waals surface area contributed by atoms with E-state index in [4.69, 9.17) is 13.6 Å². The van der Waals surface area contributed by atoms with E-state index < -0.39 is 66.4 Å². The van der Waals surface area contributed by atoms with Crippen molar-refractivity contribution in [1.82, 2.24) is 5.32 Å². The molecule has 0 spiro atoms. The van der Waals surface area contributed by atoms with Gasteiger partial charge in [0.2, 0.25) is 0 Å². The molecule has 1 N–H and O–H groups in total. The van der Waals surface area contributed by atoms with Gasteiger partial charge in [0.1, 0.15) is 17.0 Å². The lowest BCUT2D eigenvalue weighted by Gasteiger charge is -2.47. The molecule has 0 aromatic heterocycles. The van der Waals surface area contributed by atoms with E-state index in [1.54, 1.807) is 45.0 Å². The maximum atomic E-state index is 16.2. The topological polar surface area (TPSA) is 108 Å². The van der Waals surface area contributed by atoms with Gasteiger partial charge in [-0.2, -0.15) is 0 Å². The number of hydrogen-bond acceptors (Lipinski definition) is 7. The van der Waals surface area contributed by atoms with Crippen molar-refractivity contribution in [3.63, 3.8) is 0 Å². The maximum absolute atomic E-state index is 16.2. The number of ether oxygens (including phenoxy) is 1. The zero-order valence-electron chi connectivity index (χ0n) is 43.5. The minimum absolute atomic E-state index is 0.0651. The van der Waals surface area contributed by atoms with Gasteiger partial charge in [0, 0.05) is 0 Å². The molecule has 11 heteroatoms. The molecule has 1 amide bonds. The Kier molecular flexibility index (Phi) is 22.6. The number of rotatable bonds is 28. The summed E-state index contributed by atoms with van der Waals surface area (Å²) in [4.78, 5) is 30.5. The number of aryl methyl sites for hydroxylation is 1. The van der Waals surface area contributed by atoms with Gasteiger partial charge in [0.15, 0.2) is 23.9 Å². The van der Waals surface area contributed by atoms with Gasteiger partial charge in [-0.05, 0) is 78.3 Å². The number of carbonyl (C=O) groups is 2. The lowest BCUT2D eigenvalue weighted by molar-refractivity contribution is -0.127. The summed E-state index contributed by atoms with van der Waals surface area (Å²) in [6, 6.07) is 25.7. The number of Topliss-reactive ketones (excluding diaryl/α,β-unsaturated/α-hetero) is 1. The van der Waals surface area contributed by atoms with Crippen molar-refractivity contribution >= 4 is 48.7 Å². The van der Waals surface area contributed by atoms with Gasteiger partial charge in [-0.1, -0.05) is 218 Å². The van der Waals surface area contributed by atoms with Crippen LogP contribution in [0.3, 0.4) is 0 Å². The lowest BCUT2D eigenvalue weighted by Crippen LogP contribution is -2.71. The summed E-state index contributed by atoms with van der Waals surface area (Å²) in [5, 5.41) is 2.92. The molecule has 3 aromatic rings. The summed E-state index contributed by atoms with van der Waals surface area (Å²) in [7, 11) is -10.5. The summed E-state index contributed by atoms with van der Waals surface area (Å²) in [6.45, 7) is 29.1. The van der Waals surface area contributed by atoms with Crippen molar-refractivity contribution in [2.24, 2.45) is 0 Å². The number of hydrogen-bond donors (Lipinski definition) is 1. The molecule has 0 radical (unpaired) electrons. The molecule has 0 aliphatic heterocycles. The second kappa shape index (κ2) is 26.0. The molecule has 0 saturated carbocycles. The van der Waals surface area contributed by atoms with Crippen LogP contribution in [0.2, 0.25) is 21.7 Å². The highest BCUT2D eigenvalue weighted by Crippen LogP contribution is 2.43. The van der Waals surface area contributed by atoms with Gasteiger partial charge < -0.3 is 18.9 Å². The number of carbonyl (C=O) groups excluding carboxylic acids is 2. The molecule has 8 nitrogen and oxygen atoms in total. The maximum Gasteiger partial charge on any atom is 0.408 e. The van der Waals surface area contributed by atoms with E-state index in [9.17, 15) is 4.79 Å². The average Bonchev–Trinajstić information content (AvgIpc) is 3.23. The minimum Gasteiger partial charge on any atom is -0.444 e. The molecule has 0 saturated heterocycles. The Labute approximate surface area is 404 Å². The van der Waals surface area contributed by atoms with Crippen molar-refractivity contribution in [2.45, 2.75) is 224 Å². The minimum atomic E-state index is -4.26. The van der Waals surface area contributed by atoms with E-state index in [2.05, 4.69) is 98.8 Å². The third kappa shape index (κ3) is 15.5. The summed E-state index contributed by atoms with van der Waals surface area (Å²) in [5.41, 5.74) is 0.653. The van der Waals surface area contributed by atoms with E-state index in [1.165, 1.54) is 38.5 Å². The first-order valence-corrected chi connectivity index (χ1v) is 30.8. The smallest absolute Gasteiger partial charge is 0.408 e. The van der Waals surface area contributed by atoms with Crippen LogP contribution in [0.25, 0.3) is 0 Å². The molecule has 0 fully saturated rings. The molecule has 66 heavy (non-hydrogen) atoms. The number of unbranched alkanes of at least 4 members (excludes halogenated alkanes) is 10. The van der Waals surface area contributed by atoms with Crippen LogP contribution in [-0.2, 0) is 28.2 Å². The number of amides is 1. The Morgan fingerprint density at radius 2 is 1.08 bits per heavy atom. The summed E-state index contributed by atoms with van der Waals surface area (Å²) < 4.78 is 51.5. The zero-order chi connectivity index (χ0) is 49.3. The quantitative estimate of drug-likeness (QED) is 0.0570. The molecule has 0 aliphatic carbocycles. The fraction of sp³-hybridized carbons (Fsp3) is 0.636. The second-order valence-electron chi connectivity index (χ2n) is 21.7. The van der Waals surface area contributed by atoms with Crippen LogP contribution in [0.1, 0.15) is 173 Å². The highest BCUT2D eigenvalue weighted by atomic mass is 32.2. The van der Waals surface area contributed by atoms with E-state index in [0.29, 0.717) is 6.42 Å². The van der Waals surface area contributed by atoms with Crippen molar-refractivity contribution in [3.8, 4) is 0 Å². The third-order valence-corrected chi connectivity index (χ3v) is 26.6. The molecular weight excluding hydrogens is 875 g/mol. The van der Waals surface area contributed by atoms with E-state index in [1.807, 2.05) is 43.3 Å². The summed E-state index contributed by atoms with van der Waals surface area (Å²) in [6.07, 6.45) is 10.0. The average molecular weight is 965 g/mol. The molecule has 1 unspecified atom stereocenters. The van der Waals surface area contributed by atoms with Gasteiger partial charge in [-0.3, -0.25) is 4.79 Å². The van der Waals surface area contributed by atoms with Crippen molar-refractivity contribution in [3.05, 3.63) is 90.5 Å². The van der Waals surface area contributed by atoms with Gasteiger partial charge in [-0.25, -0.2) is 13.2 Å². The van der Waals surface area contributed by atoms with Gasteiger partial charge >= 0.3 is 6.09 Å². The first-order chi connectivity index (χ1) is 31.0. The second-order valence-corrected chi connectivity index (χ2v) is 33.5. The predicted molar refractivity (Wildman–Crippen MR) is 281 cm³/mol. The van der Waals surface area contributed by atoms with Crippen LogP contribution < -0.4 is 15.7 Å². The van der Waals surface area contributed by atoms with Crippen molar-refractivity contribution in [2.75, 3.05) is 6.61 Å². The molecule has 3 aromatic carbocycles. The molecule has 370 valence electrons. The predicted octanol–water partition coefficient (Wildman–Crippen LogP) is 13.4. The molecule has 3 rings (SSSR count). The molecular formula is C55H89NO7SSi2. The van der Waals surface area contributed by atoms with Crippen LogP contribution in [0.5, 0.6) is 0 Å². The number of sulfone groups is 1. The fourth-order valence-electron chi connectivity index (χ4n) is 10.1. The Hall–Kier alpha value is -3.10. The zero-order valence-corrected chi connectivity index (χ0v) is 46.3. The first-order valence-electron chi connectivity index (χ1n) is 25.2. The van der Waals surface area contributed by atoms with Gasteiger partial charge in [0.25, 0.3) is 8.32 Å². The molecule has 3 atom stereocenters. The standard InChI is InChI=1S/C55H89NO7SSi2/c1-15-16-17-18-19-20-21-22-23-24-31-36-50(64(59,60)46-39-37-45(8)38-40-46)51(57)52(63-66(55(12,13)14,47-32-27-25-28-33-47)48-34-29-26-30-35-48)49(56-53(58)62-54(9,10)11)41-61-65(42(2)3,43(4)5)44(6)7/h25-30,32-35,37-40,42-44,49-50,52H,15-24,31,36,41H2,1-14H3,(H,56,58)/t49-,50?,52-/m0/s1. The highest BCUT2D eigenvalue weighted by molar-refractivity contribution is 7.92. The summed E-state index contributed by atoms with van der Waals surface area (Å²) >= 11 is 0. The fourth-order valence-corrected chi connectivity index (χ4v) is 22.0. The Bertz CT molecular complexity index is 1930. The van der Waals surface area contributed by atoms with Crippen molar-refractivity contribution < 1.29 is 31.6 Å². The van der Waals surface area contributed by atoms with Gasteiger partial charge in [0.05, 0.1) is 17.5 Å². The highest BCUT2D eigenvalue weighted by Gasteiger charge is 2.55. The SMILES string of the molecule is CCCCCCCCCCCCCC(C(=O)[C@@H](O[Si](c1ccccc1)(c1ccccc1)C(C)(C)C)[C@H](CO[Si](C(C)C)(C(C)C)C(C)C)NC(=O)OC(C)(C)C)S(=O)(=O)c1ccc(C)cc1. The van der Waals surface area contributed by atoms with Crippen LogP contribution in [0, 0.1) is 6.92 Å². The Balaban J connectivity index is 2.34. The van der Waals surface area contributed by atoms with Crippen LogP contribution in [0.15, 0.2) is 89.8 Å². The monoisotopic (exact) mass is 964 g/mol. The van der Waals surface area contributed by atoms with Crippen LogP contribution in [0.4, 0.5) is 4.79 Å². The lowest BCUT2D eigenvalue weighted by atomic mass is 10.00. The normalized spacial score (nSPS) is 14.4. The van der Waals surface area contributed by atoms with Gasteiger partial charge in [-0.15, -0.1) is 0 Å². The van der Waals surface area contributed by atoms with E-state index >= 15 is 13.2 Å². The molecule has 0 heterocycles. The Morgan fingerprint density at radius 3 is 1.48 bits per heavy atom. The Morgan fingerprint density at radius 1 is 0.636 bits per heavy atom. The van der Waals surface area contributed by atoms with Crippen LogP contribution >= 0.6 is 0 Å². The summed E-state index contributed by atoms with van der Waals surface area (Å²) in [5.74, 6) is -0.578. The van der Waals surface area contributed by atoms with E-state index in [-0.39, 0.29) is 34.5 Å². The largest absolute Gasteiger partial charge is 0.444 e. The number of ketones is 1. The van der Waals surface area contributed by atoms with E-state index in [0.717, 1.165) is 41.6 Å². The molecule has 0 bridgehead atoms.